The molecule has 2 amide bonds. The highest BCUT2D eigenvalue weighted by molar-refractivity contribution is 5.94. The number of aromatic nitrogens is 2. The number of nitrogens with one attached hydrogen (secondary N) is 1. The lowest BCUT2D eigenvalue weighted by Crippen LogP contribution is -2.39. The molecule has 6 nitrogen and oxygen atoms in total. The number of hydrogen-bond donors (Lipinski definition) is 1. The average molecular weight is 420 g/mol. The van der Waals surface area contributed by atoms with E-state index in [1.54, 1.807) is 15.9 Å². The average Bonchev–Trinajstić information content (AvgIpc) is 3.16. The number of H-pyrrole nitrogens is 1. The highest BCUT2D eigenvalue weighted by Gasteiger charge is 2.37. The first-order valence-electron chi connectivity index (χ1n) is 10.0. The van der Waals surface area contributed by atoms with Crippen molar-refractivity contribution in [3.8, 4) is 0 Å². The molecule has 30 heavy (non-hydrogen) atoms. The van der Waals surface area contributed by atoms with E-state index in [2.05, 4.69) is 10.2 Å². The second-order valence-electron chi connectivity index (χ2n) is 7.87. The maximum Gasteiger partial charge on any atom is 0.416 e. The molecular formula is C21H23F3N4O2. The number of halogens is 3. The SMILES string of the molecule is CC(=O)N1CCc2c(C(=O)N3CCC(c4ccccc4C(F)(F)F)CC3)n[nH]c2C1. The van der Waals surface area contributed by atoms with Gasteiger partial charge in [-0.25, -0.2) is 0 Å². The summed E-state index contributed by atoms with van der Waals surface area (Å²) < 4.78 is 40.0. The topological polar surface area (TPSA) is 69.3 Å². The van der Waals surface area contributed by atoms with Crippen LogP contribution in [-0.4, -0.2) is 51.4 Å². The van der Waals surface area contributed by atoms with E-state index >= 15 is 0 Å². The van der Waals surface area contributed by atoms with E-state index in [9.17, 15) is 22.8 Å². The Morgan fingerprint density at radius 2 is 1.80 bits per heavy atom. The molecule has 1 aromatic carbocycles. The Labute approximate surface area is 172 Å². The van der Waals surface area contributed by atoms with Gasteiger partial charge in [0.25, 0.3) is 5.91 Å². The summed E-state index contributed by atoms with van der Waals surface area (Å²) in [5.74, 6) is -0.459. The van der Waals surface area contributed by atoms with Crippen molar-refractivity contribution in [2.45, 2.75) is 44.8 Å². The molecule has 0 aliphatic carbocycles. The predicted octanol–water partition coefficient (Wildman–Crippen LogP) is 3.35. The third-order valence-corrected chi connectivity index (χ3v) is 6.07. The number of carbonyl (C=O) groups excluding carboxylic acids is 2. The van der Waals surface area contributed by atoms with Crippen LogP contribution in [0.5, 0.6) is 0 Å². The standard InChI is InChI=1S/C21H23F3N4O2/c1-13(29)28-11-8-16-18(12-28)25-26-19(16)20(30)27-9-6-14(7-10-27)15-4-2-3-5-17(15)21(22,23)24/h2-5,14H,6-12H2,1H3,(H,25,26). The normalized spacial score (nSPS) is 17.7. The molecule has 0 unspecified atom stereocenters. The monoisotopic (exact) mass is 420 g/mol. The first kappa shape index (κ1) is 20.4. The number of nitrogens with zero attached hydrogens (tertiary/aromatic N) is 3. The van der Waals surface area contributed by atoms with Crippen LogP contribution in [0.1, 0.15) is 58.6 Å². The number of rotatable bonds is 2. The lowest BCUT2D eigenvalue weighted by atomic mass is 9.86. The number of carbonyl (C=O) groups is 2. The third kappa shape index (κ3) is 3.80. The van der Waals surface area contributed by atoms with E-state index in [1.807, 2.05) is 0 Å². The number of amides is 2. The molecule has 0 atom stereocenters. The second-order valence-corrected chi connectivity index (χ2v) is 7.87. The minimum atomic E-state index is -4.38. The molecular weight excluding hydrogens is 397 g/mol. The number of piperidine rings is 1. The summed E-state index contributed by atoms with van der Waals surface area (Å²) in [5.41, 5.74) is 1.68. The molecule has 0 bridgehead atoms. The Kier molecular flexibility index (Phi) is 5.29. The Morgan fingerprint density at radius 3 is 2.47 bits per heavy atom. The maximum absolute atomic E-state index is 13.3. The van der Waals surface area contributed by atoms with E-state index in [-0.39, 0.29) is 17.7 Å². The number of fused-ring (bicyclic) bond motifs is 1. The van der Waals surface area contributed by atoms with Crippen molar-refractivity contribution in [3.63, 3.8) is 0 Å². The molecule has 160 valence electrons. The summed E-state index contributed by atoms with van der Waals surface area (Å²) in [5, 5.41) is 7.06. The molecule has 1 aromatic heterocycles. The Balaban J connectivity index is 1.45. The van der Waals surface area contributed by atoms with Gasteiger partial charge < -0.3 is 9.80 Å². The van der Waals surface area contributed by atoms with Gasteiger partial charge in [-0.15, -0.1) is 0 Å². The van der Waals surface area contributed by atoms with Crippen LogP contribution in [0.25, 0.3) is 0 Å². The van der Waals surface area contributed by atoms with Gasteiger partial charge in [0.2, 0.25) is 5.91 Å². The number of alkyl halides is 3. The number of hydrogen-bond acceptors (Lipinski definition) is 3. The largest absolute Gasteiger partial charge is 0.416 e. The Morgan fingerprint density at radius 1 is 1.10 bits per heavy atom. The molecule has 1 fully saturated rings. The van der Waals surface area contributed by atoms with Gasteiger partial charge >= 0.3 is 6.18 Å². The molecule has 9 heteroatoms. The van der Waals surface area contributed by atoms with Gasteiger partial charge in [0.05, 0.1) is 17.8 Å². The van der Waals surface area contributed by atoms with Gasteiger partial charge in [-0.1, -0.05) is 18.2 Å². The van der Waals surface area contributed by atoms with Gasteiger partial charge in [-0.3, -0.25) is 14.7 Å². The van der Waals surface area contributed by atoms with E-state index in [0.29, 0.717) is 56.7 Å². The van der Waals surface area contributed by atoms with Crippen molar-refractivity contribution in [1.29, 1.82) is 0 Å². The molecule has 2 aliphatic heterocycles. The van der Waals surface area contributed by atoms with E-state index in [4.69, 9.17) is 0 Å². The van der Waals surface area contributed by atoms with Crippen LogP contribution < -0.4 is 0 Å². The summed E-state index contributed by atoms with van der Waals surface area (Å²) in [6.45, 7) is 3.22. The van der Waals surface area contributed by atoms with Crippen LogP contribution in [0, 0.1) is 0 Å². The van der Waals surface area contributed by atoms with Gasteiger partial charge in [-0.2, -0.15) is 18.3 Å². The molecule has 3 heterocycles. The van der Waals surface area contributed by atoms with Gasteiger partial charge in [-0.05, 0) is 36.8 Å². The van der Waals surface area contributed by atoms with E-state index < -0.39 is 11.7 Å². The Hall–Kier alpha value is -2.84. The van der Waals surface area contributed by atoms with E-state index in [1.165, 1.54) is 19.1 Å². The van der Waals surface area contributed by atoms with Gasteiger partial charge in [0.15, 0.2) is 5.69 Å². The smallest absolute Gasteiger partial charge is 0.337 e. The highest BCUT2D eigenvalue weighted by atomic mass is 19.4. The minimum Gasteiger partial charge on any atom is -0.337 e. The quantitative estimate of drug-likeness (QED) is 0.810. The van der Waals surface area contributed by atoms with Crippen molar-refractivity contribution in [3.05, 3.63) is 52.3 Å². The molecule has 4 rings (SSSR count). The van der Waals surface area contributed by atoms with Crippen LogP contribution in [0.4, 0.5) is 13.2 Å². The molecule has 1 saturated heterocycles. The van der Waals surface area contributed by atoms with Crippen LogP contribution in [0.15, 0.2) is 24.3 Å². The summed E-state index contributed by atoms with van der Waals surface area (Å²) in [7, 11) is 0. The van der Waals surface area contributed by atoms with Gasteiger partial charge in [0.1, 0.15) is 0 Å². The number of likely N-dealkylation sites (tertiary alicyclic amines) is 1. The number of benzene rings is 1. The second kappa shape index (κ2) is 7.77. The van der Waals surface area contributed by atoms with Crippen molar-refractivity contribution in [1.82, 2.24) is 20.0 Å². The molecule has 0 radical (unpaired) electrons. The fourth-order valence-electron chi connectivity index (χ4n) is 4.42. The lowest BCUT2D eigenvalue weighted by molar-refractivity contribution is -0.138. The molecule has 0 saturated carbocycles. The van der Waals surface area contributed by atoms with Crippen molar-refractivity contribution in [2.24, 2.45) is 0 Å². The zero-order valence-electron chi connectivity index (χ0n) is 16.6. The highest BCUT2D eigenvalue weighted by Crippen LogP contribution is 2.38. The minimum absolute atomic E-state index is 0.0238. The van der Waals surface area contributed by atoms with Crippen LogP contribution in [0.3, 0.4) is 0 Å². The summed E-state index contributed by atoms with van der Waals surface area (Å²) in [6, 6.07) is 5.68. The molecule has 2 aromatic rings. The molecule has 0 spiro atoms. The van der Waals surface area contributed by atoms with Crippen molar-refractivity contribution < 1.29 is 22.8 Å². The summed E-state index contributed by atoms with van der Waals surface area (Å²) >= 11 is 0. The summed E-state index contributed by atoms with van der Waals surface area (Å²) in [6.07, 6.45) is -2.87. The van der Waals surface area contributed by atoms with Crippen molar-refractivity contribution in [2.75, 3.05) is 19.6 Å². The first-order valence-corrected chi connectivity index (χ1v) is 10.0. The van der Waals surface area contributed by atoms with Crippen LogP contribution in [0.2, 0.25) is 0 Å². The number of aromatic amines is 1. The maximum atomic E-state index is 13.3. The fourth-order valence-corrected chi connectivity index (χ4v) is 4.42. The van der Waals surface area contributed by atoms with Crippen LogP contribution in [-0.2, 0) is 23.9 Å². The Bertz CT molecular complexity index is 961. The van der Waals surface area contributed by atoms with Crippen molar-refractivity contribution >= 4 is 11.8 Å². The zero-order chi connectivity index (χ0) is 21.5. The van der Waals surface area contributed by atoms with E-state index in [0.717, 1.165) is 17.3 Å². The molecule has 1 N–H and O–H groups in total. The lowest BCUT2D eigenvalue weighted by Gasteiger charge is -2.33. The van der Waals surface area contributed by atoms with Crippen LogP contribution >= 0.6 is 0 Å². The summed E-state index contributed by atoms with van der Waals surface area (Å²) in [4.78, 5) is 27.9. The molecule has 2 aliphatic rings. The fraction of sp³-hybridized carbons (Fsp3) is 0.476. The van der Waals surface area contributed by atoms with Gasteiger partial charge in [0, 0.05) is 32.1 Å². The predicted molar refractivity (Wildman–Crippen MR) is 103 cm³/mol. The third-order valence-electron chi connectivity index (χ3n) is 6.07. The zero-order valence-corrected chi connectivity index (χ0v) is 16.6. The first-order chi connectivity index (χ1) is 14.3.